The lowest BCUT2D eigenvalue weighted by atomic mass is 10.1. The standard InChI is InChI=1S/C44H32N6/c1-2-14-34-24-40-39(23-33(34)13-1)45-27-37(49-21-9-17-31-11-5-7-19-43(31)49)29-47-41-25-35-15-3-4-16-36(35)26-42(41)48-30-38(28-46-40)50-22-10-18-32-12-6-8-20-44(32)50/h1-30,45,48H/q+2/b37-27+,38-30+,46-28?,47-29?. The van der Waals surface area contributed by atoms with Crippen molar-refractivity contribution in [1.82, 2.24) is 0 Å². The topological polar surface area (TPSA) is 56.5 Å². The number of nitrogens with zero attached hydrogens (tertiary/aromatic N) is 4. The van der Waals surface area contributed by atoms with Gasteiger partial charge >= 0.3 is 0 Å². The summed E-state index contributed by atoms with van der Waals surface area (Å²) in [5.74, 6) is 0. The van der Waals surface area contributed by atoms with Gasteiger partial charge in [0, 0.05) is 35.0 Å². The SMILES string of the molecule is C1=Nc2cc3ccccc3cc2N/C=C(/[n+]2cccc3ccccc32)C=Nc2cc3ccccc3cc2N/C=C\1[n+]1cccc2ccccc21. The molecule has 0 fully saturated rings. The number of benzene rings is 6. The van der Waals surface area contributed by atoms with Crippen LogP contribution in [0.25, 0.3) is 54.7 Å². The summed E-state index contributed by atoms with van der Waals surface area (Å²) in [7, 11) is 0. The summed E-state index contributed by atoms with van der Waals surface area (Å²) < 4.78 is 4.32. The summed E-state index contributed by atoms with van der Waals surface area (Å²) >= 11 is 0. The Morgan fingerprint density at radius 2 is 0.740 bits per heavy atom. The van der Waals surface area contributed by atoms with Crippen LogP contribution < -0.4 is 19.8 Å². The maximum absolute atomic E-state index is 5.16. The van der Waals surface area contributed by atoms with Crippen LogP contribution in [0.1, 0.15) is 0 Å². The van der Waals surface area contributed by atoms with Gasteiger partial charge in [0.1, 0.15) is 12.4 Å². The zero-order chi connectivity index (χ0) is 33.3. The second-order valence-electron chi connectivity index (χ2n) is 12.3. The summed E-state index contributed by atoms with van der Waals surface area (Å²) in [6.07, 6.45) is 12.0. The summed E-state index contributed by atoms with van der Waals surface area (Å²) in [4.78, 5) is 10.3. The van der Waals surface area contributed by atoms with Crippen molar-refractivity contribution in [1.29, 1.82) is 0 Å². The summed E-state index contributed by atoms with van der Waals surface area (Å²) in [6, 6.07) is 50.4. The highest BCUT2D eigenvalue weighted by Gasteiger charge is 2.17. The highest BCUT2D eigenvalue weighted by atomic mass is 15.0. The van der Waals surface area contributed by atoms with Crippen LogP contribution in [0.5, 0.6) is 0 Å². The van der Waals surface area contributed by atoms with Crippen molar-refractivity contribution >= 4 is 89.9 Å². The van der Waals surface area contributed by atoms with E-state index in [0.29, 0.717) is 0 Å². The fourth-order valence-electron chi connectivity index (χ4n) is 6.59. The molecule has 0 saturated heterocycles. The first kappa shape index (κ1) is 29.2. The molecule has 50 heavy (non-hydrogen) atoms. The van der Waals surface area contributed by atoms with Crippen molar-refractivity contribution < 1.29 is 9.13 Å². The number of fused-ring (bicyclic) bond motifs is 6. The maximum atomic E-state index is 5.16. The monoisotopic (exact) mass is 644 g/mol. The molecule has 0 amide bonds. The Labute approximate surface area is 289 Å². The smallest absolute Gasteiger partial charge is 0.245 e. The lowest BCUT2D eigenvalue weighted by molar-refractivity contribution is -0.546. The average Bonchev–Trinajstić information content (AvgIpc) is 3.17. The Balaban J connectivity index is 1.29. The van der Waals surface area contributed by atoms with Gasteiger partial charge in [-0.1, -0.05) is 72.8 Å². The molecule has 0 unspecified atom stereocenters. The predicted molar refractivity (Wildman–Crippen MR) is 208 cm³/mol. The first-order valence-electron chi connectivity index (χ1n) is 16.6. The lowest BCUT2D eigenvalue weighted by Gasteiger charge is -2.11. The summed E-state index contributed by atoms with van der Waals surface area (Å²) in [6.45, 7) is 0. The molecule has 1 aliphatic heterocycles. The second-order valence-corrected chi connectivity index (χ2v) is 12.3. The van der Waals surface area contributed by atoms with Gasteiger partial charge in [0.15, 0.2) is 12.4 Å². The molecule has 6 aromatic carbocycles. The molecule has 0 atom stereocenters. The van der Waals surface area contributed by atoms with E-state index < -0.39 is 0 Å². The summed E-state index contributed by atoms with van der Waals surface area (Å²) in [5, 5.41) is 14.0. The number of anilines is 2. The van der Waals surface area contributed by atoms with Crippen molar-refractivity contribution in [3.05, 3.63) is 170 Å². The van der Waals surface area contributed by atoms with E-state index in [4.69, 9.17) is 9.98 Å². The van der Waals surface area contributed by atoms with E-state index >= 15 is 0 Å². The van der Waals surface area contributed by atoms with Gasteiger partial charge in [-0.25, -0.2) is 9.98 Å². The number of hydrogen-bond acceptors (Lipinski definition) is 4. The Bertz CT molecular complexity index is 2520. The molecule has 6 heteroatoms. The molecule has 2 N–H and O–H groups in total. The molecule has 0 radical (unpaired) electrons. The minimum Gasteiger partial charge on any atom is -0.354 e. The van der Waals surface area contributed by atoms with Crippen LogP contribution in [-0.4, -0.2) is 12.4 Å². The van der Waals surface area contributed by atoms with Crippen LogP contribution >= 0.6 is 0 Å². The zero-order valence-electron chi connectivity index (χ0n) is 27.1. The van der Waals surface area contributed by atoms with Crippen LogP contribution in [0.2, 0.25) is 0 Å². The number of allylic oxidation sites excluding steroid dienone is 2. The molecular weight excluding hydrogens is 613 g/mol. The molecule has 0 bridgehead atoms. The van der Waals surface area contributed by atoms with E-state index in [0.717, 1.165) is 77.5 Å². The van der Waals surface area contributed by atoms with Crippen LogP contribution in [0.4, 0.5) is 22.7 Å². The highest BCUT2D eigenvalue weighted by Crippen LogP contribution is 2.33. The quantitative estimate of drug-likeness (QED) is 0.184. The van der Waals surface area contributed by atoms with Gasteiger partial charge in [0.05, 0.1) is 35.1 Å². The number of hydrogen-bond donors (Lipinski definition) is 2. The van der Waals surface area contributed by atoms with Crippen molar-refractivity contribution in [2.45, 2.75) is 0 Å². The van der Waals surface area contributed by atoms with Gasteiger partial charge < -0.3 is 10.6 Å². The fourth-order valence-corrected chi connectivity index (χ4v) is 6.59. The first-order valence-corrected chi connectivity index (χ1v) is 16.6. The number of para-hydroxylation sites is 2. The van der Waals surface area contributed by atoms with Gasteiger partial charge in [0.2, 0.25) is 22.4 Å². The number of aliphatic imine (C=N–C) groups is 2. The molecule has 2 aromatic heterocycles. The minimum absolute atomic E-state index is 0.814. The van der Waals surface area contributed by atoms with E-state index in [1.165, 1.54) is 0 Å². The third-order valence-electron chi connectivity index (χ3n) is 9.12. The van der Waals surface area contributed by atoms with Crippen molar-refractivity contribution in [2.75, 3.05) is 10.6 Å². The van der Waals surface area contributed by atoms with Crippen LogP contribution in [-0.2, 0) is 0 Å². The molecule has 6 nitrogen and oxygen atoms in total. The molecule has 0 saturated carbocycles. The average molecular weight is 645 g/mol. The van der Waals surface area contributed by atoms with E-state index in [9.17, 15) is 0 Å². The predicted octanol–water partition coefficient (Wildman–Crippen LogP) is 9.81. The molecular formula is C44H32N6+2. The molecule has 0 spiro atoms. The number of pyridine rings is 2. The molecule has 0 aliphatic carbocycles. The number of rotatable bonds is 2. The zero-order valence-corrected chi connectivity index (χ0v) is 27.1. The Hall–Kier alpha value is -6.92. The second kappa shape index (κ2) is 12.6. The molecule has 236 valence electrons. The minimum atomic E-state index is 0.814. The van der Waals surface area contributed by atoms with E-state index in [2.05, 4.69) is 178 Å². The van der Waals surface area contributed by atoms with E-state index in [1.54, 1.807) is 0 Å². The number of nitrogens with one attached hydrogen (secondary N) is 2. The van der Waals surface area contributed by atoms with Crippen LogP contribution in [0, 0.1) is 0 Å². The van der Waals surface area contributed by atoms with Crippen molar-refractivity contribution in [3.63, 3.8) is 0 Å². The third-order valence-corrected chi connectivity index (χ3v) is 9.12. The molecule has 1 aliphatic rings. The van der Waals surface area contributed by atoms with E-state index in [-0.39, 0.29) is 0 Å². The maximum Gasteiger partial charge on any atom is 0.245 e. The van der Waals surface area contributed by atoms with Crippen LogP contribution in [0.15, 0.2) is 180 Å². The Morgan fingerprint density at radius 1 is 0.380 bits per heavy atom. The molecule has 3 heterocycles. The van der Waals surface area contributed by atoms with Gasteiger partial charge in [-0.05, 0) is 70.1 Å². The lowest BCUT2D eigenvalue weighted by Crippen LogP contribution is -2.34. The molecule has 9 rings (SSSR count). The summed E-state index contributed by atoms with van der Waals surface area (Å²) in [5.41, 5.74) is 7.26. The Morgan fingerprint density at radius 3 is 1.18 bits per heavy atom. The van der Waals surface area contributed by atoms with Crippen molar-refractivity contribution in [3.8, 4) is 0 Å². The van der Waals surface area contributed by atoms with Gasteiger partial charge in [-0.3, -0.25) is 0 Å². The first-order chi connectivity index (χ1) is 24.8. The van der Waals surface area contributed by atoms with Gasteiger partial charge in [-0.2, -0.15) is 9.13 Å². The largest absolute Gasteiger partial charge is 0.354 e. The fraction of sp³-hybridized carbons (Fsp3) is 0. The van der Waals surface area contributed by atoms with Crippen LogP contribution in [0.3, 0.4) is 0 Å². The Kier molecular flexibility index (Phi) is 7.37. The number of aromatic nitrogens is 2. The van der Waals surface area contributed by atoms with E-state index in [1.807, 2.05) is 24.8 Å². The van der Waals surface area contributed by atoms with Gasteiger partial charge in [-0.15, -0.1) is 0 Å². The van der Waals surface area contributed by atoms with Gasteiger partial charge in [0.25, 0.3) is 0 Å². The van der Waals surface area contributed by atoms with Crippen molar-refractivity contribution in [2.24, 2.45) is 9.98 Å². The highest BCUT2D eigenvalue weighted by molar-refractivity contribution is 6.05. The third kappa shape index (κ3) is 5.55. The molecule has 8 aromatic rings. The normalized spacial score (nSPS) is 15.3.